The zero-order valence-electron chi connectivity index (χ0n) is 17.3. The molecule has 0 unspecified atom stereocenters. The van der Waals surface area contributed by atoms with Gasteiger partial charge >= 0.3 is 5.97 Å². The highest BCUT2D eigenvalue weighted by Crippen LogP contribution is 2.34. The first-order valence-electron chi connectivity index (χ1n) is 10.0. The molecule has 8 heteroatoms. The average Bonchev–Trinajstić information content (AvgIpc) is 3.09. The third-order valence-electron chi connectivity index (χ3n) is 4.69. The number of hydrogen-bond donors (Lipinski definition) is 0. The van der Waals surface area contributed by atoms with E-state index in [1.165, 1.54) is 0 Å². The Bertz CT molecular complexity index is 1210. The Morgan fingerprint density at radius 1 is 0.939 bits per heavy atom. The quantitative estimate of drug-likeness (QED) is 0.247. The molecule has 1 heterocycles. The van der Waals surface area contributed by atoms with Crippen molar-refractivity contribution in [1.82, 2.24) is 4.90 Å². The van der Waals surface area contributed by atoms with Crippen molar-refractivity contribution in [3.8, 4) is 11.5 Å². The summed E-state index contributed by atoms with van der Waals surface area (Å²) in [7, 11) is 0. The molecule has 0 aromatic heterocycles. The minimum Gasteiger partial charge on any atom is -0.492 e. The number of amides is 2. The molecular formula is C25H18ClNO5S. The fourth-order valence-electron chi connectivity index (χ4n) is 3.04. The number of ether oxygens (including phenoxy) is 2. The summed E-state index contributed by atoms with van der Waals surface area (Å²) in [5.41, 5.74) is 0.846. The molecule has 1 saturated heterocycles. The van der Waals surface area contributed by atoms with Crippen LogP contribution in [-0.2, 0) is 4.79 Å². The Labute approximate surface area is 199 Å². The second kappa shape index (κ2) is 10.4. The topological polar surface area (TPSA) is 72.9 Å². The summed E-state index contributed by atoms with van der Waals surface area (Å²) in [6, 6.07) is 22.3. The largest absolute Gasteiger partial charge is 0.492 e. The van der Waals surface area contributed by atoms with Crippen molar-refractivity contribution in [3.63, 3.8) is 0 Å². The zero-order valence-corrected chi connectivity index (χ0v) is 18.8. The van der Waals surface area contributed by atoms with Crippen molar-refractivity contribution in [1.29, 1.82) is 0 Å². The minimum atomic E-state index is -0.557. The zero-order chi connectivity index (χ0) is 23.2. The Morgan fingerprint density at radius 2 is 1.64 bits per heavy atom. The van der Waals surface area contributed by atoms with Crippen LogP contribution in [0.15, 0.2) is 83.8 Å². The van der Waals surface area contributed by atoms with Crippen molar-refractivity contribution >= 4 is 46.6 Å². The predicted octanol–water partition coefficient (Wildman–Crippen LogP) is 5.67. The standard InChI is InChI=1S/C25H18ClNO5S/c26-19-12-10-17(11-13-19)24(29)32-21-9-5-4-6-18(21)16-22-23(28)27(25(30)33-22)14-15-31-20-7-2-1-3-8-20/h1-13,16H,14-15H2/b22-16-. The van der Waals surface area contributed by atoms with Crippen LogP contribution in [-0.4, -0.2) is 35.2 Å². The summed E-state index contributed by atoms with van der Waals surface area (Å²) in [5, 5.41) is 0.135. The van der Waals surface area contributed by atoms with Crippen molar-refractivity contribution < 1.29 is 23.9 Å². The fourth-order valence-corrected chi connectivity index (χ4v) is 4.02. The summed E-state index contributed by atoms with van der Waals surface area (Å²) in [6.07, 6.45) is 1.55. The van der Waals surface area contributed by atoms with Gasteiger partial charge in [-0.15, -0.1) is 0 Å². The van der Waals surface area contributed by atoms with E-state index in [-0.39, 0.29) is 29.0 Å². The number of carbonyl (C=O) groups excluding carboxylic acids is 3. The second-order valence-electron chi connectivity index (χ2n) is 6.93. The summed E-state index contributed by atoms with van der Waals surface area (Å²) in [6.45, 7) is 0.314. The molecule has 0 saturated carbocycles. The van der Waals surface area contributed by atoms with E-state index in [4.69, 9.17) is 21.1 Å². The molecule has 0 atom stereocenters. The highest BCUT2D eigenvalue weighted by molar-refractivity contribution is 8.18. The molecular weight excluding hydrogens is 462 g/mol. The van der Waals surface area contributed by atoms with Crippen LogP contribution in [0.4, 0.5) is 4.79 Å². The molecule has 2 amide bonds. The maximum atomic E-state index is 12.8. The molecule has 0 spiro atoms. The number of carbonyl (C=O) groups is 3. The molecule has 3 aromatic carbocycles. The van der Waals surface area contributed by atoms with Crippen molar-refractivity contribution in [2.24, 2.45) is 0 Å². The van der Waals surface area contributed by atoms with E-state index in [1.807, 2.05) is 18.2 Å². The van der Waals surface area contributed by atoms with Crippen LogP contribution < -0.4 is 9.47 Å². The van der Waals surface area contributed by atoms with Crippen molar-refractivity contribution in [2.75, 3.05) is 13.2 Å². The van der Waals surface area contributed by atoms with Crippen molar-refractivity contribution in [2.45, 2.75) is 0 Å². The van der Waals surface area contributed by atoms with Gasteiger partial charge in [0.15, 0.2) is 0 Å². The van der Waals surface area contributed by atoms with Crippen LogP contribution in [0.3, 0.4) is 0 Å². The Kier molecular flexibility index (Phi) is 7.12. The van der Waals surface area contributed by atoms with E-state index < -0.39 is 11.9 Å². The lowest BCUT2D eigenvalue weighted by Gasteiger charge is -2.13. The monoisotopic (exact) mass is 479 g/mol. The van der Waals surface area contributed by atoms with Gasteiger partial charge < -0.3 is 9.47 Å². The minimum absolute atomic E-state index is 0.129. The van der Waals surface area contributed by atoms with Crippen LogP contribution in [0.5, 0.6) is 11.5 Å². The summed E-state index contributed by atoms with van der Waals surface area (Å²) >= 11 is 6.70. The van der Waals surface area contributed by atoms with Gasteiger partial charge in [-0.25, -0.2) is 4.79 Å². The van der Waals surface area contributed by atoms with Gasteiger partial charge in [-0.3, -0.25) is 14.5 Å². The first-order valence-corrected chi connectivity index (χ1v) is 11.2. The van der Waals surface area contributed by atoms with E-state index >= 15 is 0 Å². The van der Waals surface area contributed by atoms with Gasteiger partial charge in [0.25, 0.3) is 11.1 Å². The maximum absolute atomic E-state index is 12.8. The Hall–Kier alpha value is -3.55. The van der Waals surface area contributed by atoms with Gasteiger partial charge in [-0.1, -0.05) is 48.0 Å². The highest BCUT2D eigenvalue weighted by atomic mass is 35.5. The van der Waals surface area contributed by atoms with Gasteiger partial charge in [-0.05, 0) is 60.3 Å². The van der Waals surface area contributed by atoms with E-state index in [1.54, 1.807) is 66.7 Å². The van der Waals surface area contributed by atoms with Gasteiger partial charge in [0, 0.05) is 10.6 Å². The van der Waals surface area contributed by atoms with E-state index in [0.717, 1.165) is 16.7 Å². The van der Waals surface area contributed by atoms with Crippen LogP contribution >= 0.6 is 23.4 Å². The highest BCUT2D eigenvalue weighted by Gasteiger charge is 2.35. The third-order valence-corrected chi connectivity index (χ3v) is 5.85. The molecule has 0 aliphatic carbocycles. The molecule has 3 aromatic rings. The summed E-state index contributed by atoms with van der Waals surface area (Å²) in [4.78, 5) is 39.0. The maximum Gasteiger partial charge on any atom is 0.343 e. The molecule has 6 nitrogen and oxygen atoms in total. The lowest BCUT2D eigenvalue weighted by molar-refractivity contribution is -0.123. The molecule has 1 aliphatic rings. The molecule has 0 N–H and O–H groups in total. The van der Waals surface area contributed by atoms with Gasteiger partial charge in [-0.2, -0.15) is 0 Å². The van der Waals surface area contributed by atoms with Gasteiger partial charge in [0.2, 0.25) is 0 Å². The number of hydrogen-bond acceptors (Lipinski definition) is 6. The molecule has 166 valence electrons. The summed E-state index contributed by atoms with van der Waals surface area (Å²) in [5.74, 6) is -0.0349. The average molecular weight is 480 g/mol. The number of imide groups is 1. The molecule has 1 aliphatic heterocycles. The smallest absolute Gasteiger partial charge is 0.343 e. The Morgan fingerprint density at radius 3 is 2.39 bits per heavy atom. The van der Waals surface area contributed by atoms with Crippen molar-refractivity contribution in [3.05, 3.63) is 99.9 Å². The lowest BCUT2D eigenvalue weighted by atomic mass is 10.1. The van der Waals surface area contributed by atoms with Crippen LogP contribution in [0.25, 0.3) is 6.08 Å². The van der Waals surface area contributed by atoms with E-state index in [2.05, 4.69) is 0 Å². The molecule has 1 fully saturated rings. The number of nitrogens with zero attached hydrogens (tertiary/aromatic N) is 1. The number of para-hydroxylation sites is 2. The number of esters is 1. The van der Waals surface area contributed by atoms with Gasteiger partial charge in [0.1, 0.15) is 18.1 Å². The predicted molar refractivity (Wildman–Crippen MR) is 127 cm³/mol. The third kappa shape index (κ3) is 5.63. The molecule has 0 bridgehead atoms. The summed E-state index contributed by atoms with van der Waals surface area (Å²) < 4.78 is 11.1. The SMILES string of the molecule is O=C(Oc1ccccc1/C=C1\SC(=O)N(CCOc2ccccc2)C1=O)c1ccc(Cl)cc1. The van der Waals surface area contributed by atoms with Crippen LogP contribution in [0.1, 0.15) is 15.9 Å². The first kappa shape index (κ1) is 22.6. The number of benzene rings is 3. The molecule has 0 radical (unpaired) electrons. The Balaban J connectivity index is 1.45. The van der Waals surface area contributed by atoms with Crippen LogP contribution in [0.2, 0.25) is 5.02 Å². The molecule has 33 heavy (non-hydrogen) atoms. The second-order valence-corrected chi connectivity index (χ2v) is 8.36. The number of thioether (sulfide) groups is 1. The normalized spacial score (nSPS) is 14.6. The first-order chi connectivity index (χ1) is 16.0. The lowest BCUT2D eigenvalue weighted by Crippen LogP contribution is -2.32. The number of rotatable bonds is 7. The van der Waals surface area contributed by atoms with Gasteiger partial charge in [0.05, 0.1) is 17.0 Å². The fraction of sp³-hybridized carbons (Fsp3) is 0.0800. The number of halogens is 1. The van der Waals surface area contributed by atoms with Crippen LogP contribution in [0, 0.1) is 0 Å². The van der Waals surface area contributed by atoms with E-state index in [0.29, 0.717) is 21.9 Å². The molecule has 4 rings (SSSR count). The van der Waals surface area contributed by atoms with E-state index in [9.17, 15) is 14.4 Å².